The van der Waals surface area contributed by atoms with E-state index in [0.717, 1.165) is 17.5 Å². The fourth-order valence-corrected chi connectivity index (χ4v) is 2.48. The zero-order chi connectivity index (χ0) is 16.2. The summed E-state index contributed by atoms with van der Waals surface area (Å²) in [6, 6.07) is 0. The maximum atomic E-state index is 12.2. The molecule has 1 N–H and O–H groups in total. The molecule has 118 valence electrons. The van der Waals surface area contributed by atoms with Crippen LogP contribution >= 0.6 is 11.8 Å². The minimum atomic E-state index is -0.899. The number of hydrogen-bond acceptors (Lipinski definition) is 4. The highest BCUT2D eigenvalue weighted by Crippen LogP contribution is 2.27. The minimum Gasteiger partial charge on any atom is -0.481 e. The molecule has 0 saturated heterocycles. The largest absolute Gasteiger partial charge is 0.481 e. The highest BCUT2D eigenvalue weighted by atomic mass is 32.2. The lowest BCUT2D eigenvalue weighted by Gasteiger charge is -2.23. The standard InChI is InChI=1S/C14H23N3O3S/c1-6-16(5)11(18)8-17-10(14(2,3)4)7-15-13(17)21-9-12(19)20/h7H,6,8-9H2,1-5H3,(H,19,20). The first-order chi connectivity index (χ1) is 9.66. The predicted octanol–water partition coefficient (Wildman–Crippen LogP) is 1.84. The number of nitrogens with zero attached hydrogens (tertiary/aromatic N) is 3. The Labute approximate surface area is 129 Å². The molecule has 0 radical (unpaired) electrons. The second-order valence-electron chi connectivity index (χ2n) is 5.85. The highest BCUT2D eigenvalue weighted by Gasteiger charge is 2.24. The number of imidazole rings is 1. The van der Waals surface area contributed by atoms with Gasteiger partial charge in [0, 0.05) is 30.9 Å². The van der Waals surface area contributed by atoms with Gasteiger partial charge in [0.15, 0.2) is 5.16 Å². The van der Waals surface area contributed by atoms with Gasteiger partial charge < -0.3 is 14.6 Å². The first kappa shape index (κ1) is 17.6. The average molecular weight is 313 g/mol. The van der Waals surface area contributed by atoms with E-state index in [4.69, 9.17) is 5.11 Å². The third kappa shape index (κ3) is 4.77. The van der Waals surface area contributed by atoms with Crippen LogP contribution in [-0.2, 0) is 21.5 Å². The third-order valence-corrected chi connectivity index (χ3v) is 4.08. The van der Waals surface area contributed by atoms with Crippen molar-refractivity contribution in [3.63, 3.8) is 0 Å². The van der Waals surface area contributed by atoms with E-state index >= 15 is 0 Å². The summed E-state index contributed by atoms with van der Waals surface area (Å²) in [5.74, 6) is -0.986. The summed E-state index contributed by atoms with van der Waals surface area (Å²) in [6.45, 7) is 8.85. The van der Waals surface area contributed by atoms with Crippen LogP contribution in [0, 0.1) is 0 Å². The molecule has 1 amide bonds. The molecule has 1 rings (SSSR count). The molecule has 0 bridgehead atoms. The van der Waals surface area contributed by atoms with Crippen LogP contribution in [0.1, 0.15) is 33.4 Å². The monoisotopic (exact) mass is 313 g/mol. The molecule has 1 aromatic heterocycles. The van der Waals surface area contributed by atoms with Crippen molar-refractivity contribution < 1.29 is 14.7 Å². The van der Waals surface area contributed by atoms with E-state index in [1.165, 1.54) is 0 Å². The van der Waals surface area contributed by atoms with Gasteiger partial charge in [-0.3, -0.25) is 9.59 Å². The van der Waals surface area contributed by atoms with Crippen LogP contribution in [0.2, 0.25) is 0 Å². The van der Waals surface area contributed by atoms with Crippen molar-refractivity contribution in [3.05, 3.63) is 11.9 Å². The van der Waals surface area contributed by atoms with Gasteiger partial charge in [0.1, 0.15) is 6.54 Å². The van der Waals surface area contributed by atoms with E-state index in [1.807, 2.05) is 32.3 Å². The summed E-state index contributed by atoms with van der Waals surface area (Å²) in [6.07, 6.45) is 1.73. The number of likely N-dealkylation sites (N-methyl/N-ethyl adjacent to an activating group) is 1. The number of carboxylic acid groups (broad SMARTS) is 1. The fourth-order valence-electron chi connectivity index (χ4n) is 1.78. The zero-order valence-electron chi connectivity index (χ0n) is 13.2. The lowest BCUT2D eigenvalue weighted by molar-refractivity contribution is -0.134. The maximum absolute atomic E-state index is 12.2. The summed E-state index contributed by atoms with van der Waals surface area (Å²) in [7, 11) is 1.75. The molecular weight excluding hydrogens is 290 g/mol. The second-order valence-corrected chi connectivity index (χ2v) is 6.79. The Kier molecular flexibility index (Phi) is 5.83. The van der Waals surface area contributed by atoms with Gasteiger partial charge in [0.05, 0.1) is 5.75 Å². The molecule has 0 saturated carbocycles. The van der Waals surface area contributed by atoms with E-state index in [2.05, 4.69) is 4.98 Å². The van der Waals surface area contributed by atoms with Gasteiger partial charge in [-0.2, -0.15) is 0 Å². The van der Waals surface area contributed by atoms with Gasteiger partial charge in [0.25, 0.3) is 0 Å². The summed E-state index contributed by atoms with van der Waals surface area (Å²) in [5.41, 5.74) is 0.758. The Balaban J connectivity index is 3.08. The molecule has 0 aromatic carbocycles. The van der Waals surface area contributed by atoms with Crippen molar-refractivity contribution in [2.75, 3.05) is 19.3 Å². The van der Waals surface area contributed by atoms with Crippen LogP contribution in [0.25, 0.3) is 0 Å². The Bertz CT molecular complexity index is 520. The molecule has 1 aromatic rings. The quantitative estimate of drug-likeness (QED) is 0.811. The summed E-state index contributed by atoms with van der Waals surface area (Å²) in [4.78, 5) is 28.8. The van der Waals surface area contributed by atoms with Gasteiger partial charge in [-0.1, -0.05) is 32.5 Å². The molecule has 0 atom stereocenters. The smallest absolute Gasteiger partial charge is 0.313 e. The molecule has 0 unspecified atom stereocenters. The molecule has 0 aliphatic carbocycles. The number of carbonyl (C=O) groups is 2. The van der Waals surface area contributed by atoms with E-state index in [-0.39, 0.29) is 23.6 Å². The SMILES string of the molecule is CCN(C)C(=O)Cn1c(C(C)(C)C)cnc1SCC(=O)O. The van der Waals surface area contributed by atoms with Crippen molar-refractivity contribution in [1.82, 2.24) is 14.5 Å². The van der Waals surface area contributed by atoms with Crippen LogP contribution < -0.4 is 0 Å². The molecule has 0 aliphatic rings. The normalized spacial score (nSPS) is 11.5. The lowest BCUT2D eigenvalue weighted by atomic mass is 9.92. The number of hydrogen-bond donors (Lipinski definition) is 1. The fraction of sp³-hybridized carbons (Fsp3) is 0.643. The van der Waals surface area contributed by atoms with Crippen molar-refractivity contribution in [3.8, 4) is 0 Å². The van der Waals surface area contributed by atoms with E-state index < -0.39 is 5.97 Å². The molecule has 1 heterocycles. The first-order valence-corrected chi connectivity index (χ1v) is 7.80. The van der Waals surface area contributed by atoms with Crippen molar-refractivity contribution >= 4 is 23.6 Å². The molecule has 0 fully saturated rings. The molecule has 7 heteroatoms. The van der Waals surface area contributed by atoms with Gasteiger partial charge >= 0.3 is 5.97 Å². The molecule has 6 nitrogen and oxygen atoms in total. The zero-order valence-corrected chi connectivity index (χ0v) is 14.0. The van der Waals surface area contributed by atoms with Crippen molar-refractivity contribution in [2.24, 2.45) is 0 Å². The molecule has 21 heavy (non-hydrogen) atoms. The van der Waals surface area contributed by atoms with Crippen LogP contribution in [0.4, 0.5) is 0 Å². The number of amides is 1. The summed E-state index contributed by atoms with van der Waals surface area (Å²) < 4.78 is 1.82. The number of aliphatic carboxylic acids is 1. The number of carbonyl (C=O) groups excluding carboxylic acids is 1. The van der Waals surface area contributed by atoms with Crippen LogP contribution in [0.15, 0.2) is 11.4 Å². The minimum absolute atomic E-state index is 0.0156. The van der Waals surface area contributed by atoms with Crippen LogP contribution in [0.5, 0.6) is 0 Å². The van der Waals surface area contributed by atoms with Gasteiger partial charge in [0.2, 0.25) is 5.91 Å². The maximum Gasteiger partial charge on any atom is 0.313 e. The van der Waals surface area contributed by atoms with Crippen LogP contribution in [0.3, 0.4) is 0 Å². The lowest BCUT2D eigenvalue weighted by Crippen LogP contribution is -2.32. The first-order valence-electron chi connectivity index (χ1n) is 6.81. The highest BCUT2D eigenvalue weighted by molar-refractivity contribution is 7.99. The molecule has 0 aliphatic heterocycles. The van der Waals surface area contributed by atoms with E-state index in [1.54, 1.807) is 18.1 Å². The van der Waals surface area contributed by atoms with E-state index in [9.17, 15) is 9.59 Å². The third-order valence-electron chi connectivity index (χ3n) is 3.11. The summed E-state index contributed by atoms with van der Waals surface area (Å²) in [5, 5.41) is 9.38. The number of carboxylic acids is 1. The number of thioether (sulfide) groups is 1. The van der Waals surface area contributed by atoms with Crippen molar-refractivity contribution in [1.29, 1.82) is 0 Å². The van der Waals surface area contributed by atoms with Gasteiger partial charge in [-0.05, 0) is 6.92 Å². The molecule has 0 spiro atoms. The van der Waals surface area contributed by atoms with Crippen molar-refractivity contribution in [2.45, 2.75) is 44.8 Å². The molecular formula is C14H23N3O3S. The number of aromatic nitrogens is 2. The number of rotatable bonds is 6. The Morgan fingerprint density at radius 1 is 1.43 bits per heavy atom. The average Bonchev–Trinajstić information content (AvgIpc) is 2.78. The predicted molar refractivity (Wildman–Crippen MR) is 82.6 cm³/mol. The van der Waals surface area contributed by atoms with E-state index in [0.29, 0.717) is 11.7 Å². The van der Waals surface area contributed by atoms with Gasteiger partial charge in [-0.15, -0.1) is 0 Å². The second kappa shape index (κ2) is 6.98. The topological polar surface area (TPSA) is 75.4 Å². The summed E-state index contributed by atoms with van der Waals surface area (Å²) >= 11 is 1.13. The Morgan fingerprint density at radius 2 is 2.05 bits per heavy atom. The Hall–Kier alpha value is -1.50. The van der Waals surface area contributed by atoms with Gasteiger partial charge in [-0.25, -0.2) is 4.98 Å². The Morgan fingerprint density at radius 3 is 2.52 bits per heavy atom. The van der Waals surface area contributed by atoms with Crippen LogP contribution in [-0.4, -0.2) is 50.8 Å².